The topological polar surface area (TPSA) is 89.2 Å². The molecule has 1 aliphatic heterocycles. The van der Waals surface area contributed by atoms with Crippen LogP contribution in [0, 0.1) is 22.7 Å². The van der Waals surface area contributed by atoms with E-state index in [1.807, 2.05) is 30.3 Å². The molecule has 96 valence electrons. The molecule has 1 atom stereocenters. The van der Waals surface area contributed by atoms with Crippen molar-refractivity contribution in [2.24, 2.45) is 0 Å². The molecule has 2 rings (SSSR count). The van der Waals surface area contributed by atoms with Crippen molar-refractivity contribution in [3.05, 3.63) is 24.3 Å². The zero-order valence-corrected chi connectivity index (χ0v) is 10.2. The summed E-state index contributed by atoms with van der Waals surface area (Å²) in [4.78, 5) is 13.3. The molecule has 0 aromatic heterocycles. The van der Waals surface area contributed by atoms with Gasteiger partial charge in [-0.05, 0) is 12.1 Å². The number of nitrogens with one attached hydrogen (secondary N) is 1. The molecular weight excluding hydrogens is 244 g/mol. The first-order valence-electron chi connectivity index (χ1n) is 5.78. The number of amides is 1. The van der Waals surface area contributed by atoms with Gasteiger partial charge in [0.1, 0.15) is 18.8 Å². The van der Waals surface area contributed by atoms with Crippen LogP contribution in [0.15, 0.2) is 24.3 Å². The number of anilines is 1. The largest absolute Gasteiger partial charge is 0.477 e. The molecule has 1 aromatic carbocycles. The van der Waals surface area contributed by atoms with Crippen LogP contribution in [0.2, 0.25) is 0 Å². The highest BCUT2D eigenvalue weighted by Crippen LogP contribution is 2.28. The van der Waals surface area contributed by atoms with Crippen LogP contribution in [0.4, 0.5) is 5.69 Å². The molecule has 1 unspecified atom stereocenters. The second-order valence-electron chi connectivity index (χ2n) is 3.99. The first kappa shape index (κ1) is 12.7. The second kappa shape index (κ2) is 5.74. The van der Waals surface area contributed by atoms with Gasteiger partial charge in [0.2, 0.25) is 0 Å². The number of fused-ring (bicyclic) bond motifs is 1. The molecule has 0 saturated carbocycles. The van der Waals surface area contributed by atoms with Crippen LogP contribution in [-0.4, -0.2) is 36.5 Å². The van der Waals surface area contributed by atoms with Crippen molar-refractivity contribution in [2.45, 2.75) is 6.10 Å². The van der Waals surface area contributed by atoms with Crippen LogP contribution < -0.4 is 10.1 Å². The lowest BCUT2D eigenvalue weighted by Crippen LogP contribution is -2.47. The molecule has 0 aliphatic carbocycles. The average Bonchev–Trinajstić information content (AvgIpc) is 2.46. The van der Waals surface area contributed by atoms with Crippen molar-refractivity contribution in [1.29, 1.82) is 10.5 Å². The highest BCUT2D eigenvalue weighted by atomic mass is 16.5. The zero-order valence-electron chi connectivity index (χ0n) is 10.2. The fourth-order valence-electron chi connectivity index (χ4n) is 1.84. The fraction of sp³-hybridized carbons (Fsp3) is 0.308. The summed E-state index contributed by atoms with van der Waals surface area (Å²) in [7, 11) is 0. The van der Waals surface area contributed by atoms with Crippen molar-refractivity contribution in [2.75, 3.05) is 25.0 Å². The Morgan fingerprint density at radius 1 is 1.37 bits per heavy atom. The Bertz CT molecular complexity index is 542. The van der Waals surface area contributed by atoms with Gasteiger partial charge in [0.05, 0.1) is 24.4 Å². The third-order valence-electron chi connectivity index (χ3n) is 2.74. The Morgan fingerprint density at radius 3 is 2.74 bits per heavy atom. The summed E-state index contributed by atoms with van der Waals surface area (Å²) in [6, 6.07) is 11.0. The summed E-state index contributed by atoms with van der Waals surface area (Å²) in [5, 5.41) is 20.4. The van der Waals surface area contributed by atoms with Gasteiger partial charge in [0.15, 0.2) is 6.10 Å². The van der Waals surface area contributed by atoms with E-state index >= 15 is 0 Å². The summed E-state index contributed by atoms with van der Waals surface area (Å²) in [6.45, 7) is 0.0883. The van der Waals surface area contributed by atoms with Gasteiger partial charge in [0, 0.05) is 0 Å². The molecule has 1 heterocycles. The monoisotopic (exact) mass is 256 g/mol. The molecule has 1 aromatic rings. The van der Waals surface area contributed by atoms with Crippen LogP contribution in [0.3, 0.4) is 0 Å². The highest BCUT2D eigenvalue weighted by molar-refractivity contribution is 5.83. The average molecular weight is 256 g/mol. The van der Waals surface area contributed by atoms with Gasteiger partial charge in [-0.2, -0.15) is 10.5 Å². The second-order valence-corrected chi connectivity index (χ2v) is 3.99. The molecule has 6 nitrogen and oxygen atoms in total. The molecule has 1 amide bonds. The van der Waals surface area contributed by atoms with E-state index in [9.17, 15) is 4.79 Å². The Balaban J connectivity index is 2.10. The zero-order chi connectivity index (χ0) is 13.7. The lowest BCUT2D eigenvalue weighted by molar-refractivity contribution is -0.137. The number of carbonyl (C=O) groups is 1. The molecular formula is C13H12N4O2. The maximum Gasteiger partial charge on any atom is 0.267 e. The Kier molecular flexibility index (Phi) is 3.84. The first-order valence-corrected chi connectivity index (χ1v) is 5.78. The summed E-state index contributed by atoms with van der Waals surface area (Å²) in [5.74, 6) is 0.242. The molecule has 0 spiro atoms. The molecule has 0 radical (unpaired) electrons. The highest BCUT2D eigenvalue weighted by Gasteiger charge is 2.29. The van der Waals surface area contributed by atoms with Gasteiger partial charge in [-0.3, -0.25) is 4.79 Å². The number of rotatable bonds is 3. The van der Waals surface area contributed by atoms with E-state index < -0.39 is 6.10 Å². The number of carbonyl (C=O) groups excluding carboxylic acids is 1. The summed E-state index contributed by atoms with van der Waals surface area (Å²) in [5.41, 5.74) is 0.832. The first-order chi connectivity index (χ1) is 9.26. The van der Waals surface area contributed by atoms with Crippen LogP contribution >= 0.6 is 0 Å². The smallest absolute Gasteiger partial charge is 0.267 e. The summed E-state index contributed by atoms with van der Waals surface area (Å²) < 4.78 is 5.59. The van der Waals surface area contributed by atoms with Crippen LogP contribution in [0.5, 0.6) is 5.75 Å². The number of nitriles is 2. The standard InChI is InChI=1S/C13H12N4O2/c14-5-7-17(8-6-15)13(18)12-9-16-10-3-1-2-4-11(10)19-12/h1-4,12,16H,7-9H2. The number of nitrogens with zero attached hydrogens (tertiary/aromatic N) is 3. The molecule has 1 N–H and O–H groups in total. The molecule has 1 aliphatic rings. The molecule has 19 heavy (non-hydrogen) atoms. The van der Waals surface area contributed by atoms with Crippen molar-refractivity contribution in [3.63, 3.8) is 0 Å². The van der Waals surface area contributed by atoms with E-state index in [1.165, 1.54) is 4.90 Å². The Labute approximate surface area is 110 Å². The van der Waals surface area contributed by atoms with E-state index in [-0.39, 0.29) is 19.0 Å². The van der Waals surface area contributed by atoms with Gasteiger partial charge < -0.3 is 15.0 Å². The van der Waals surface area contributed by atoms with Crippen molar-refractivity contribution in [1.82, 2.24) is 4.90 Å². The van der Waals surface area contributed by atoms with Crippen LogP contribution in [0.1, 0.15) is 0 Å². The quantitative estimate of drug-likeness (QED) is 0.805. The minimum Gasteiger partial charge on any atom is -0.477 e. The molecule has 6 heteroatoms. The predicted octanol–water partition coefficient (Wildman–Crippen LogP) is 0.735. The van der Waals surface area contributed by atoms with Gasteiger partial charge in [-0.15, -0.1) is 0 Å². The third-order valence-corrected chi connectivity index (χ3v) is 2.74. The van der Waals surface area contributed by atoms with Crippen LogP contribution in [0.25, 0.3) is 0 Å². The minimum atomic E-state index is -0.711. The van der Waals surface area contributed by atoms with Gasteiger partial charge in [-0.1, -0.05) is 12.1 Å². The fourth-order valence-corrected chi connectivity index (χ4v) is 1.84. The van der Waals surface area contributed by atoms with Gasteiger partial charge in [0.25, 0.3) is 5.91 Å². The predicted molar refractivity (Wildman–Crippen MR) is 67.2 cm³/mol. The third kappa shape index (κ3) is 2.75. The lowest BCUT2D eigenvalue weighted by atomic mass is 10.2. The number of hydrogen-bond acceptors (Lipinski definition) is 5. The van der Waals surface area contributed by atoms with Crippen LogP contribution in [-0.2, 0) is 4.79 Å². The molecule has 0 bridgehead atoms. The number of benzene rings is 1. The number of hydrogen-bond donors (Lipinski definition) is 1. The van der Waals surface area contributed by atoms with E-state index in [0.717, 1.165) is 5.69 Å². The van der Waals surface area contributed by atoms with E-state index in [2.05, 4.69) is 5.32 Å². The van der Waals surface area contributed by atoms with E-state index in [4.69, 9.17) is 15.3 Å². The number of ether oxygens (including phenoxy) is 1. The van der Waals surface area contributed by atoms with Crippen molar-refractivity contribution >= 4 is 11.6 Å². The van der Waals surface area contributed by atoms with E-state index in [0.29, 0.717) is 12.3 Å². The number of para-hydroxylation sites is 2. The summed E-state index contributed by atoms with van der Waals surface area (Å²) in [6.07, 6.45) is -0.711. The molecule has 0 saturated heterocycles. The maximum absolute atomic E-state index is 12.1. The minimum absolute atomic E-state index is 0.117. The van der Waals surface area contributed by atoms with Gasteiger partial charge >= 0.3 is 0 Å². The Hall–Kier alpha value is -2.73. The van der Waals surface area contributed by atoms with E-state index in [1.54, 1.807) is 6.07 Å². The van der Waals surface area contributed by atoms with Gasteiger partial charge in [-0.25, -0.2) is 0 Å². The lowest BCUT2D eigenvalue weighted by Gasteiger charge is -2.29. The molecule has 0 fully saturated rings. The Morgan fingerprint density at radius 2 is 2.05 bits per heavy atom. The maximum atomic E-state index is 12.1. The van der Waals surface area contributed by atoms with Crippen molar-refractivity contribution < 1.29 is 9.53 Å². The normalized spacial score (nSPS) is 16.0. The summed E-state index contributed by atoms with van der Waals surface area (Å²) >= 11 is 0. The SMILES string of the molecule is N#CCN(CC#N)C(=O)C1CNc2ccccc2O1. The van der Waals surface area contributed by atoms with Crippen molar-refractivity contribution in [3.8, 4) is 17.9 Å².